The standard InChI is InChI=1S/C16H20F2N2O3/c1-16(15(22)23,9-5-3-2-4-6-9)20-14(21)10-7-11(17)12(18)8-13(10)19/h7-9H,2-6,19H2,1H3,(H,20,21)(H,22,23)/t16-/m0/s1. The number of rotatable bonds is 4. The molecule has 1 aliphatic rings. The summed E-state index contributed by atoms with van der Waals surface area (Å²) in [4.78, 5) is 24.1. The van der Waals surface area contributed by atoms with Crippen LogP contribution in [0, 0.1) is 17.6 Å². The number of hydrogen-bond donors (Lipinski definition) is 3. The zero-order valence-electron chi connectivity index (χ0n) is 12.9. The Kier molecular flexibility index (Phi) is 4.87. The van der Waals surface area contributed by atoms with Crippen LogP contribution in [0.15, 0.2) is 12.1 Å². The number of nitrogens with two attached hydrogens (primary N) is 1. The molecular formula is C16H20F2N2O3. The molecule has 0 spiro atoms. The lowest BCUT2D eigenvalue weighted by molar-refractivity contribution is -0.146. The van der Waals surface area contributed by atoms with Crippen LogP contribution in [-0.4, -0.2) is 22.5 Å². The molecule has 0 radical (unpaired) electrons. The molecule has 1 aliphatic carbocycles. The molecule has 1 amide bonds. The highest BCUT2D eigenvalue weighted by atomic mass is 19.2. The Bertz CT molecular complexity index is 630. The lowest BCUT2D eigenvalue weighted by Crippen LogP contribution is -2.57. The second kappa shape index (κ2) is 6.52. The summed E-state index contributed by atoms with van der Waals surface area (Å²) >= 11 is 0. The molecule has 1 saturated carbocycles. The fourth-order valence-electron chi connectivity index (χ4n) is 3.07. The number of carboxylic acids is 1. The third-order valence-corrected chi connectivity index (χ3v) is 4.58. The van der Waals surface area contributed by atoms with E-state index in [0.29, 0.717) is 25.0 Å². The van der Waals surface area contributed by atoms with Gasteiger partial charge in [-0.25, -0.2) is 13.6 Å². The maximum absolute atomic E-state index is 13.3. The van der Waals surface area contributed by atoms with E-state index in [9.17, 15) is 23.5 Å². The van der Waals surface area contributed by atoms with Gasteiger partial charge in [-0.05, 0) is 31.7 Å². The smallest absolute Gasteiger partial charge is 0.329 e. The number of carbonyl (C=O) groups excluding carboxylic acids is 1. The Morgan fingerprint density at radius 2 is 1.78 bits per heavy atom. The molecule has 1 fully saturated rings. The van der Waals surface area contributed by atoms with Gasteiger partial charge in [-0.3, -0.25) is 4.79 Å². The summed E-state index contributed by atoms with van der Waals surface area (Å²) in [6, 6.07) is 1.39. The summed E-state index contributed by atoms with van der Waals surface area (Å²) in [5, 5.41) is 12.0. The van der Waals surface area contributed by atoms with Gasteiger partial charge in [0.1, 0.15) is 5.54 Å². The number of aliphatic carboxylic acids is 1. The topological polar surface area (TPSA) is 92.4 Å². The first kappa shape index (κ1) is 17.2. The summed E-state index contributed by atoms with van der Waals surface area (Å²) in [7, 11) is 0. The third-order valence-electron chi connectivity index (χ3n) is 4.58. The predicted molar refractivity (Wildman–Crippen MR) is 80.9 cm³/mol. The van der Waals surface area contributed by atoms with E-state index in [2.05, 4.69) is 5.32 Å². The number of hydrogen-bond acceptors (Lipinski definition) is 3. The lowest BCUT2D eigenvalue weighted by atomic mass is 9.75. The van der Waals surface area contributed by atoms with Crippen molar-refractivity contribution >= 4 is 17.6 Å². The number of amides is 1. The highest BCUT2D eigenvalue weighted by Gasteiger charge is 2.43. The average Bonchev–Trinajstić information content (AvgIpc) is 2.51. The fourth-order valence-corrected chi connectivity index (χ4v) is 3.07. The Morgan fingerprint density at radius 1 is 1.22 bits per heavy atom. The molecule has 1 aromatic rings. The van der Waals surface area contributed by atoms with Crippen LogP contribution in [0.2, 0.25) is 0 Å². The number of nitrogens with one attached hydrogen (secondary N) is 1. The van der Waals surface area contributed by atoms with Gasteiger partial charge in [0.25, 0.3) is 5.91 Å². The SMILES string of the molecule is C[C@@](NC(=O)c1cc(F)c(F)cc1N)(C(=O)O)C1CCCCC1. The van der Waals surface area contributed by atoms with Crippen LogP contribution >= 0.6 is 0 Å². The van der Waals surface area contributed by atoms with Crippen LogP contribution in [-0.2, 0) is 4.79 Å². The van der Waals surface area contributed by atoms with E-state index >= 15 is 0 Å². The number of halogens is 2. The van der Waals surface area contributed by atoms with Crippen molar-refractivity contribution in [2.75, 3.05) is 5.73 Å². The molecule has 0 saturated heterocycles. The second-order valence-electron chi connectivity index (χ2n) is 6.15. The summed E-state index contributed by atoms with van der Waals surface area (Å²) in [5.74, 6) is -4.56. The molecule has 1 atom stereocenters. The average molecular weight is 326 g/mol. The number of anilines is 1. The van der Waals surface area contributed by atoms with Crippen molar-refractivity contribution in [2.45, 2.75) is 44.6 Å². The van der Waals surface area contributed by atoms with Gasteiger partial charge >= 0.3 is 5.97 Å². The molecule has 0 heterocycles. The van der Waals surface area contributed by atoms with Gasteiger partial charge in [0.2, 0.25) is 0 Å². The highest BCUT2D eigenvalue weighted by Crippen LogP contribution is 2.33. The second-order valence-corrected chi connectivity index (χ2v) is 6.15. The fraction of sp³-hybridized carbons (Fsp3) is 0.500. The van der Waals surface area contributed by atoms with Crippen LogP contribution < -0.4 is 11.1 Å². The van der Waals surface area contributed by atoms with Crippen LogP contribution in [0.25, 0.3) is 0 Å². The number of carboxylic acid groups (broad SMARTS) is 1. The van der Waals surface area contributed by atoms with Crippen molar-refractivity contribution in [1.82, 2.24) is 5.32 Å². The zero-order chi connectivity index (χ0) is 17.2. The van der Waals surface area contributed by atoms with Gasteiger partial charge < -0.3 is 16.2 Å². The van der Waals surface area contributed by atoms with Crippen molar-refractivity contribution < 1.29 is 23.5 Å². The van der Waals surface area contributed by atoms with E-state index in [1.54, 1.807) is 0 Å². The van der Waals surface area contributed by atoms with Gasteiger partial charge in [0.15, 0.2) is 11.6 Å². The minimum Gasteiger partial charge on any atom is -0.480 e. The molecule has 0 aliphatic heterocycles. The monoisotopic (exact) mass is 326 g/mol. The first-order chi connectivity index (χ1) is 10.8. The Morgan fingerprint density at radius 3 is 2.35 bits per heavy atom. The molecule has 7 heteroatoms. The molecule has 0 aromatic heterocycles. The first-order valence-electron chi connectivity index (χ1n) is 7.56. The Hall–Kier alpha value is -2.18. The molecule has 0 unspecified atom stereocenters. The molecule has 5 nitrogen and oxygen atoms in total. The maximum atomic E-state index is 13.3. The van der Waals surface area contributed by atoms with Gasteiger partial charge in [0.05, 0.1) is 5.56 Å². The van der Waals surface area contributed by atoms with E-state index in [1.165, 1.54) is 6.92 Å². The van der Waals surface area contributed by atoms with E-state index in [0.717, 1.165) is 19.3 Å². The number of benzene rings is 1. The Balaban J connectivity index is 2.28. The van der Waals surface area contributed by atoms with Gasteiger partial charge in [-0.1, -0.05) is 19.3 Å². The molecule has 23 heavy (non-hydrogen) atoms. The van der Waals surface area contributed by atoms with E-state index < -0.39 is 29.0 Å². The van der Waals surface area contributed by atoms with Crippen LogP contribution in [0.1, 0.15) is 49.4 Å². The minimum atomic E-state index is -1.48. The summed E-state index contributed by atoms with van der Waals surface area (Å²) < 4.78 is 26.4. The predicted octanol–water partition coefficient (Wildman–Crippen LogP) is 2.70. The van der Waals surface area contributed by atoms with E-state index in [-0.39, 0.29) is 17.2 Å². The van der Waals surface area contributed by atoms with Crippen LogP contribution in [0.5, 0.6) is 0 Å². The molecule has 1 aromatic carbocycles. The van der Waals surface area contributed by atoms with E-state index in [4.69, 9.17) is 5.73 Å². The normalized spacial score (nSPS) is 18.2. The quantitative estimate of drug-likeness (QED) is 0.742. The summed E-state index contributed by atoms with van der Waals surface area (Å²) in [5.41, 5.74) is 3.56. The van der Waals surface area contributed by atoms with Crippen molar-refractivity contribution in [3.63, 3.8) is 0 Å². The summed E-state index contributed by atoms with van der Waals surface area (Å²) in [6.45, 7) is 1.44. The molecule has 126 valence electrons. The van der Waals surface area contributed by atoms with Crippen molar-refractivity contribution in [2.24, 2.45) is 5.92 Å². The van der Waals surface area contributed by atoms with Crippen LogP contribution in [0.3, 0.4) is 0 Å². The Labute approximate surface area is 132 Å². The maximum Gasteiger partial charge on any atom is 0.329 e. The third kappa shape index (κ3) is 3.43. The first-order valence-corrected chi connectivity index (χ1v) is 7.56. The number of carbonyl (C=O) groups is 2. The summed E-state index contributed by atoms with van der Waals surface area (Å²) in [6.07, 6.45) is 4.22. The zero-order valence-corrected chi connectivity index (χ0v) is 12.9. The van der Waals surface area contributed by atoms with E-state index in [1.807, 2.05) is 0 Å². The van der Waals surface area contributed by atoms with Crippen molar-refractivity contribution in [3.8, 4) is 0 Å². The minimum absolute atomic E-state index is 0.218. The lowest BCUT2D eigenvalue weighted by Gasteiger charge is -2.37. The van der Waals surface area contributed by atoms with Gasteiger partial charge in [-0.15, -0.1) is 0 Å². The van der Waals surface area contributed by atoms with Crippen molar-refractivity contribution in [1.29, 1.82) is 0 Å². The highest BCUT2D eigenvalue weighted by molar-refractivity contribution is 6.01. The van der Waals surface area contributed by atoms with Crippen LogP contribution in [0.4, 0.5) is 14.5 Å². The number of nitrogen functional groups attached to an aromatic ring is 1. The van der Waals surface area contributed by atoms with Gasteiger partial charge in [0, 0.05) is 11.8 Å². The molecule has 0 bridgehead atoms. The van der Waals surface area contributed by atoms with Gasteiger partial charge in [-0.2, -0.15) is 0 Å². The molecule has 4 N–H and O–H groups in total. The largest absolute Gasteiger partial charge is 0.480 e. The molecule has 2 rings (SSSR count). The molecular weight excluding hydrogens is 306 g/mol. The van der Waals surface area contributed by atoms with Crippen molar-refractivity contribution in [3.05, 3.63) is 29.3 Å².